The minimum atomic E-state index is -4.88. The van der Waals surface area contributed by atoms with Crippen molar-refractivity contribution in [3.05, 3.63) is 53.9 Å². The van der Waals surface area contributed by atoms with Gasteiger partial charge in [0.05, 0.1) is 44.4 Å². The number of rotatable bonds is 8. The molecule has 10 nitrogen and oxygen atoms in total. The van der Waals surface area contributed by atoms with Gasteiger partial charge in [0, 0.05) is 32.0 Å². The SMILES string of the molecule is C=CC(=O)N1CC[C@@H](Oc2nc(OC[C@@]34CCCN3C[C@H](OC)C4)nc3cc(-c4ccc(F)c5sc(N)c(C#N)c45)c(C(F)(F)F)cc23)[C@H]1C. The fraction of sp³-hybridized carbons (Fsp3) is 0.429. The number of nitrogens with two attached hydrogens (primary N) is 1. The molecule has 0 saturated carbocycles. The van der Waals surface area contributed by atoms with Crippen LogP contribution in [0.2, 0.25) is 0 Å². The summed E-state index contributed by atoms with van der Waals surface area (Å²) in [4.78, 5) is 25.4. The van der Waals surface area contributed by atoms with Crippen LogP contribution >= 0.6 is 11.3 Å². The van der Waals surface area contributed by atoms with Crippen molar-refractivity contribution in [2.45, 2.75) is 62.6 Å². The zero-order chi connectivity index (χ0) is 35.5. The molecule has 0 unspecified atom stereocenters. The predicted molar refractivity (Wildman–Crippen MR) is 179 cm³/mol. The number of methoxy groups -OCH3 is 1. The summed E-state index contributed by atoms with van der Waals surface area (Å²) in [6.07, 6.45) is -1.21. The third-order valence-electron chi connectivity index (χ3n) is 10.3. The monoisotopic (exact) mass is 710 g/mol. The van der Waals surface area contributed by atoms with Crippen molar-refractivity contribution in [2.75, 3.05) is 39.1 Å². The van der Waals surface area contributed by atoms with E-state index in [1.54, 1.807) is 18.9 Å². The maximum absolute atomic E-state index is 14.9. The van der Waals surface area contributed by atoms with Gasteiger partial charge in [-0.1, -0.05) is 12.6 Å². The third-order valence-corrected chi connectivity index (χ3v) is 11.3. The first-order chi connectivity index (χ1) is 23.9. The molecule has 50 heavy (non-hydrogen) atoms. The van der Waals surface area contributed by atoms with E-state index in [1.807, 2.05) is 6.07 Å². The number of nitrogen functional groups attached to an aromatic ring is 1. The molecule has 262 valence electrons. The summed E-state index contributed by atoms with van der Waals surface area (Å²) in [5.41, 5.74) is 4.27. The standard InChI is InChI=1S/C35H34F4N6O4S/c1-4-28(46)45-11-8-27(18(45)2)49-32-22-12-24(35(37,38)39)21(20-6-7-25(36)30-29(20)23(15-40)31(41)50-30)13-26(22)42-33(43-32)48-17-34-9-5-10-44(34)16-19(14-34)47-3/h4,6-7,12-13,18-19,27H,1,5,8-11,14,16-17,41H2,2-3H3/t18-,19-,27-,34+/m1/s1. The van der Waals surface area contributed by atoms with E-state index >= 15 is 0 Å². The van der Waals surface area contributed by atoms with Crippen LogP contribution in [0.3, 0.4) is 0 Å². The van der Waals surface area contributed by atoms with Gasteiger partial charge in [-0.2, -0.15) is 28.4 Å². The number of hydrogen-bond acceptors (Lipinski definition) is 10. The van der Waals surface area contributed by atoms with Crippen LogP contribution in [0.1, 0.15) is 43.7 Å². The molecule has 0 bridgehead atoms. The first kappa shape index (κ1) is 34.0. The minimum absolute atomic E-state index is 0.00508. The fourth-order valence-corrected chi connectivity index (χ4v) is 8.68. The molecule has 5 heterocycles. The van der Waals surface area contributed by atoms with Crippen molar-refractivity contribution in [1.82, 2.24) is 19.8 Å². The Morgan fingerprint density at radius 3 is 2.78 bits per heavy atom. The zero-order valence-electron chi connectivity index (χ0n) is 27.3. The number of carbonyl (C=O) groups excluding carboxylic acids is 1. The molecule has 2 N–H and O–H groups in total. The molecule has 0 radical (unpaired) electrons. The highest BCUT2D eigenvalue weighted by Gasteiger charge is 2.49. The molecular weight excluding hydrogens is 676 g/mol. The molecule has 0 spiro atoms. The number of amides is 1. The van der Waals surface area contributed by atoms with Gasteiger partial charge < -0.3 is 24.8 Å². The normalized spacial score (nSPS) is 23.8. The first-order valence-corrected chi connectivity index (χ1v) is 17.0. The number of fused-ring (bicyclic) bond motifs is 3. The van der Waals surface area contributed by atoms with Gasteiger partial charge in [-0.3, -0.25) is 9.69 Å². The second-order valence-corrected chi connectivity index (χ2v) is 14.1. The molecule has 4 aromatic rings. The maximum Gasteiger partial charge on any atom is 0.417 e. The number of anilines is 1. The van der Waals surface area contributed by atoms with E-state index in [4.69, 9.17) is 19.9 Å². The quantitative estimate of drug-likeness (QED) is 0.165. The molecular formula is C35H34F4N6O4S. The molecule has 3 aliphatic heterocycles. The number of ether oxygens (including phenoxy) is 3. The van der Waals surface area contributed by atoms with E-state index in [9.17, 15) is 27.6 Å². The molecule has 15 heteroatoms. The molecule has 2 aromatic carbocycles. The van der Waals surface area contributed by atoms with Gasteiger partial charge in [0.15, 0.2) is 0 Å². The molecule has 0 aliphatic carbocycles. The van der Waals surface area contributed by atoms with Gasteiger partial charge in [-0.15, -0.1) is 11.3 Å². The Hall–Kier alpha value is -4.52. The molecule has 2 aromatic heterocycles. The molecule has 1 amide bonds. The van der Waals surface area contributed by atoms with Crippen LogP contribution in [0.4, 0.5) is 22.6 Å². The van der Waals surface area contributed by atoms with Crippen molar-refractivity contribution in [3.63, 3.8) is 0 Å². The Kier molecular flexibility index (Phi) is 8.60. The van der Waals surface area contributed by atoms with E-state index in [0.717, 1.165) is 55.8 Å². The summed E-state index contributed by atoms with van der Waals surface area (Å²) in [5, 5.41) is 9.80. The van der Waals surface area contributed by atoms with Crippen LogP contribution in [0, 0.1) is 17.1 Å². The summed E-state index contributed by atoms with van der Waals surface area (Å²) in [5.74, 6) is -1.12. The van der Waals surface area contributed by atoms with E-state index in [-0.39, 0.29) is 78.7 Å². The third kappa shape index (κ3) is 5.69. The van der Waals surface area contributed by atoms with Crippen LogP contribution in [-0.2, 0) is 15.7 Å². The Morgan fingerprint density at radius 2 is 2.06 bits per heavy atom. The number of halogens is 4. The van der Waals surface area contributed by atoms with Crippen molar-refractivity contribution in [2.24, 2.45) is 0 Å². The highest BCUT2D eigenvalue weighted by atomic mass is 32.1. The van der Waals surface area contributed by atoms with Gasteiger partial charge in [0.25, 0.3) is 0 Å². The fourth-order valence-electron chi connectivity index (χ4n) is 7.73. The highest BCUT2D eigenvalue weighted by Crippen LogP contribution is 2.47. The van der Waals surface area contributed by atoms with Crippen molar-refractivity contribution < 1.29 is 36.6 Å². The van der Waals surface area contributed by atoms with E-state index in [2.05, 4.69) is 21.4 Å². The summed E-state index contributed by atoms with van der Waals surface area (Å²) < 4.78 is 77.9. The van der Waals surface area contributed by atoms with Crippen LogP contribution in [-0.4, -0.2) is 82.8 Å². The number of likely N-dealkylation sites (tertiary alicyclic amines) is 1. The summed E-state index contributed by atoms with van der Waals surface area (Å²) >= 11 is 0.796. The maximum atomic E-state index is 14.9. The Morgan fingerprint density at radius 1 is 1.26 bits per heavy atom. The average Bonchev–Trinajstić information content (AvgIpc) is 3.84. The summed E-state index contributed by atoms with van der Waals surface area (Å²) in [6, 6.07) is 5.82. The van der Waals surface area contributed by atoms with Crippen LogP contribution in [0.25, 0.3) is 32.1 Å². The average molecular weight is 711 g/mol. The number of nitrogens with zero attached hydrogens (tertiary/aromatic N) is 5. The Labute approximate surface area is 289 Å². The molecule has 4 atom stereocenters. The zero-order valence-corrected chi connectivity index (χ0v) is 28.2. The van der Waals surface area contributed by atoms with Gasteiger partial charge in [-0.05, 0) is 68.1 Å². The molecule has 7 rings (SSSR count). The number of alkyl halides is 3. The number of hydrogen-bond donors (Lipinski definition) is 1. The van der Waals surface area contributed by atoms with Crippen LogP contribution in [0.5, 0.6) is 11.9 Å². The first-order valence-electron chi connectivity index (χ1n) is 16.2. The lowest BCUT2D eigenvalue weighted by atomic mass is 9.93. The van der Waals surface area contributed by atoms with Gasteiger partial charge >= 0.3 is 12.2 Å². The lowest BCUT2D eigenvalue weighted by Gasteiger charge is -2.31. The second kappa shape index (κ2) is 12.7. The summed E-state index contributed by atoms with van der Waals surface area (Å²) in [6.45, 7) is 7.60. The lowest BCUT2D eigenvalue weighted by Crippen LogP contribution is -2.43. The van der Waals surface area contributed by atoms with Gasteiger partial charge in [0.1, 0.15) is 29.6 Å². The van der Waals surface area contributed by atoms with Crippen LogP contribution < -0.4 is 15.2 Å². The minimum Gasteiger partial charge on any atom is -0.471 e. The number of aromatic nitrogens is 2. The summed E-state index contributed by atoms with van der Waals surface area (Å²) in [7, 11) is 1.68. The highest BCUT2D eigenvalue weighted by molar-refractivity contribution is 7.23. The van der Waals surface area contributed by atoms with E-state index < -0.39 is 29.7 Å². The molecule has 3 saturated heterocycles. The van der Waals surface area contributed by atoms with Gasteiger partial charge in [-0.25, -0.2) is 4.39 Å². The predicted octanol–water partition coefficient (Wildman–Crippen LogP) is 6.31. The molecule has 3 aliphatic rings. The topological polar surface area (TPSA) is 127 Å². The molecule has 3 fully saturated rings. The Balaban J connectivity index is 1.38. The van der Waals surface area contributed by atoms with Crippen molar-refractivity contribution in [3.8, 4) is 29.1 Å². The van der Waals surface area contributed by atoms with E-state index in [0.29, 0.717) is 13.0 Å². The van der Waals surface area contributed by atoms with Crippen molar-refractivity contribution >= 4 is 43.2 Å². The smallest absolute Gasteiger partial charge is 0.417 e. The number of carbonyl (C=O) groups is 1. The number of benzene rings is 2. The van der Waals surface area contributed by atoms with Gasteiger partial charge in [0.2, 0.25) is 11.8 Å². The largest absolute Gasteiger partial charge is 0.471 e. The van der Waals surface area contributed by atoms with E-state index in [1.165, 1.54) is 18.2 Å². The second-order valence-electron chi connectivity index (χ2n) is 13.0. The number of thiophene rings is 1. The van der Waals surface area contributed by atoms with Crippen molar-refractivity contribution in [1.29, 1.82) is 5.26 Å². The lowest BCUT2D eigenvalue weighted by molar-refractivity contribution is -0.137. The number of nitriles is 1. The Bertz CT molecular complexity index is 2070. The van der Waals surface area contributed by atoms with Crippen LogP contribution in [0.15, 0.2) is 36.9 Å².